The van der Waals surface area contributed by atoms with Gasteiger partial charge < -0.3 is 0 Å². The predicted molar refractivity (Wildman–Crippen MR) is 122 cm³/mol. The van der Waals surface area contributed by atoms with Gasteiger partial charge in [-0.2, -0.15) is 0 Å². The molecular formula is C26H22S. The molecule has 0 fully saturated rings. The summed E-state index contributed by atoms with van der Waals surface area (Å²) >= 11 is 1.97. The first kappa shape index (κ1) is 16.6. The minimum Gasteiger partial charge on any atom is -0.126 e. The summed E-state index contributed by atoms with van der Waals surface area (Å²) in [5.74, 6) is 1.20. The van der Waals surface area contributed by atoms with E-state index >= 15 is 0 Å². The zero-order valence-corrected chi connectivity index (χ0v) is 16.4. The largest absolute Gasteiger partial charge is 0.126 e. The summed E-state index contributed by atoms with van der Waals surface area (Å²) in [6, 6.07) is 29.5. The van der Waals surface area contributed by atoms with Crippen LogP contribution in [0.3, 0.4) is 0 Å². The molecule has 0 radical (unpaired) electrons. The van der Waals surface area contributed by atoms with E-state index in [0.29, 0.717) is 0 Å². The molecule has 0 N–H and O–H groups in total. The van der Waals surface area contributed by atoms with Crippen LogP contribution in [-0.4, -0.2) is 5.75 Å². The van der Waals surface area contributed by atoms with E-state index in [0.717, 1.165) is 0 Å². The van der Waals surface area contributed by atoms with Crippen molar-refractivity contribution in [3.05, 3.63) is 78.9 Å². The van der Waals surface area contributed by atoms with Crippen molar-refractivity contribution in [3.8, 4) is 0 Å². The molecule has 0 nitrogen and oxygen atoms in total. The van der Waals surface area contributed by atoms with Crippen LogP contribution in [0.4, 0.5) is 0 Å². The molecule has 0 spiro atoms. The highest BCUT2D eigenvalue weighted by Gasteiger charge is 2.04. The molecule has 0 saturated heterocycles. The predicted octanol–water partition coefficient (Wildman–Crippen LogP) is 8.19. The highest BCUT2D eigenvalue weighted by Crippen LogP contribution is 2.32. The van der Waals surface area contributed by atoms with Crippen LogP contribution in [0.1, 0.15) is 19.8 Å². The normalized spacial score (nSPS) is 11.7. The first-order valence-corrected chi connectivity index (χ1v) is 10.7. The van der Waals surface area contributed by atoms with Gasteiger partial charge in [0.15, 0.2) is 0 Å². The van der Waals surface area contributed by atoms with Gasteiger partial charge in [0.2, 0.25) is 0 Å². The topological polar surface area (TPSA) is 0 Å². The third kappa shape index (κ3) is 3.17. The lowest BCUT2D eigenvalue weighted by atomic mass is 9.97. The maximum atomic E-state index is 2.35. The second kappa shape index (κ2) is 6.90. The summed E-state index contributed by atoms with van der Waals surface area (Å²) in [5, 5.41) is 10.5. The molecule has 0 bridgehead atoms. The second-order valence-electron chi connectivity index (χ2n) is 7.31. The van der Waals surface area contributed by atoms with E-state index in [1.165, 1.54) is 66.6 Å². The second-order valence-corrected chi connectivity index (χ2v) is 8.48. The Kier molecular flexibility index (Phi) is 4.26. The number of benzene rings is 5. The molecule has 5 rings (SSSR count). The molecule has 132 valence electrons. The van der Waals surface area contributed by atoms with Crippen molar-refractivity contribution >= 4 is 54.9 Å². The van der Waals surface area contributed by atoms with Crippen molar-refractivity contribution in [2.75, 3.05) is 5.75 Å². The van der Waals surface area contributed by atoms with Crippen LogP contribution in [0.2, 0.25) is 0 Å². The van der Waals surface area contributed by atoms with E-state index < -0.39 is 0 Å². The highest BCUT2D eigenvalue weighted by atomic mass is 32.2. The lowest BCUT2D eigenvalue weighted by Crippen LogP contribution is -1.82. The van der Waals surface area contributed by atoms with Crippen molar-refractivity contribution in [3.63, 3.8) is 0 Å². The molecule has 0 saturated carbocycles. The average molecular weight is 367 g/mol. The number of fused-ring (bicyclic) bond motifs is 4. The summed E-state index contributed by atoms with van der Waals surface area (Å²) < 4.78 is 0. The van der Waals surface area contributed by atoms with E-state index in [1.54, 1.807) is 0 Å². The number of hydrogen-bond acceptors (Lipinski definition) is 1. The number of rotatable bonds is 4. The number of unbranched alkanes of at least 4 members (excludes halogenated alkanes) is 1. The van der Waals surface area contributed by atoms with Crippen molar-refractivity contribution < 1.29 is 0 Å². The van der Waals surface area contributed by atoms with Crippen molar-refractivity contribution in [1.82, 2.24) is 0 Å². The van der Waals surface area contributed by atoms with Crippen LogP contribution in [-0.2, 0) is 0 Å². The van der Waals surface area contributed by atoms with E-state index in [-0.39, 0.29) is 0 Å². The average Bonchev–Trinajstić information content (AvgIpc) is 2.69. The zero-order chi connectivity index (χ0) is 18.2. The summed E-state index contributed by atoms with van der Waals surface area (Å²) in [6.07, 6.45) is 2.54. The monoisotopic (exact) mass is 366 g/mol. The fraction of sp³-hybridized carbons (Fsp3) is 0.154. The molecule has 5 aromatic rings. The molecule has 1 heteroatoms. The van der Waals surface area contributed by atoms with Crippen LogP contribution in [0.5, 0.6) is 0 Å². The van der Waals surface area contributed by atoms with E-state index in [2.05, 4.69) is 85.8 Å². The van der Waals surface area contributed by atoms with Crippen molar-refractivity contribution in [1.29, 1.82) is 0 Å². The Morgan fingerprint density at radius 2 is 1.04 bits per heavy atom. The van der Waals surface area contributed by atoms with Gasteiger partial charge in [0.1, 0.15) is 0 Å². The van der Waals surface area contributed by atoms with Crippen LogP contribution >= 0.6 is 11.8 Å². The molecular weight excluding hydrogens is 344 g/mol. The molecule has 0 amide bonds. The molecule has 0 aliphatic carbocycles. The van der Waals surface area contributed by atoms with Gasteiger partial charge in [-0.15, -0.1) is 11.8 Å². The Labute approximate surface area is 164 Å². The first-order valence-electron chi connectivity index (χ1n) is 9.73. The van der Waals surface area contributed by atoms with Crippen LogP contribution in [0, 0.1) is 0 Å². The van der Waals surface area contributed by atoms with Gasteiger partial charge >= 0.3 is 0 Å². The van der Waals surface area contributed by atoms with Crippen molar-refractivity contribution in [2.45, 2.75) is 24.7 Å². The maximum Gasteiger partial charge on any atom is 0.00783 e. The Balaban J connectivity index is 1.66. The summed E-state index contributed by atoms with van der Waals surface area (Å²) in [4.78, 5) is 1.38. The lowest BCUT2D eigenvalue weighted by molar-refractivity contribution is 0.896. The van der Waals surface area contributed by atoms with Crippen LogP contribution < -0.4 is 0 Å². The summed E-state index contributed by atoms with van der Waals surface area (Å²) in [5.41, 5.74) is 0. The van der Waals surface area contributed by atoms with Gasteiger partial charge in [-0.25, -0.2) is 0 Å². The van der Waals surface area contributed by atoms with Gasteiger partial charge in [-0.1, -0.05) is 43.7 Å². The molecule has 27 heavy (non-hydrogen) atoms. The standard InChI is InChI=1S/C26H22S/c1-2-3-10-27-26-9-8-20-13-23-14-21-11-18-6-4-5-7-19(18)12-22(21)15-24(23)16-25(20)17-26/h4-9,11-17H,2-3,10H2,1H3. The SMILES string of the molecule is CCCCSc1ccc2cc3cc4cc5ccccc5cc4cc3cc2c1. The van der Waals surface area contributed by atoms with Gasteiger partial charge in [0.25, 0.3) is 0 Å². The van der Waals surface area contributed by atoms with Crippen LogP contribution in [0.15, 0.2) is 83.8 Å². The fourth-order valence-electron chi connectivity index (χ4n) is 3.85. The molecule has 0 aliphatic rings. The number of thioether (sulfide) groups is 1. The zero-order valence-electron chi connectivity index (χ0n) is 15.5. The molecule has 0 aliphatic heterocycles. The molecule has 0 aromatic heterocycles. The quantitative estimate of drug-likeness (QED) is 0.175. The van der Waals surface area contributed by atoms with E-state index in [1.807, 2.05) is 11.8 Å². The molecule has 0 atom stereocenters. The first-order chi connectivity index (χ1) is 13.3. The van der Waals surface area contributed by atoms with Crippen molar-refractivity contribution in [2.24, 2.45) is 0 Å². The minimum atomic E-state index is 1.20. The Morgan fingerprint density at radius 3 is 1.59 bits per heavy atom. The lowest BCUT2D eigenvalue weighted by Gasteiger charge is -2.08. The van der Waals surface area contributed by atoms with Crippen LogP contribution in [0.25, 0.3) is 43.1 Å². The smallest absolute Gasteiger partial charge is 0.00783 e. The Bertz CT molecular complexity index is 1280. The highest BCUT2D eigenvalue weighted by molar-refractivity contribution is 7.99. The van der Waals surface area contributed by atoms with Gasteiger partial charge in [-0.3, -0.25) is 0 Å². The Hall–Kier alpha value is -2.51. The molecule has 5 aromatic carbocycles. The maximum absolute atomic E-state index is 2.35. The van der Waals surface area contributed by atoms with E-state index in [9.17, 15) is 0 Å². The van der Waals surface area contributed by atoms with Gasteiger partial charge in [-0.05, 0) is 104 Å². The molecule has 0 unspecified atom stereocenters. The van der Waals surface area contributed by atoms with E-state index in [4.69, 9.17) is 0 Å². The third-order valence-corrected chi connectivity index (χ3v) is 6.43. The third-order valence-electron chi connectivity index (χ3n) is 5.35. The molecule has 0 heterocycles. The Morgan fingerprint density at radius 1 is 0.556 bits per heavy atom. The minimum absolute atomic E-state index is 1.20. The fourth-order valence-corrected chi connectivity index (χ4v) is 4.89. The summed E-state index contributed by atoms with van der Waals surface area (Å²) in [6.45, 7) is 2.25. The number of hydrogen-bond donors (Lipinski definition) is 0. The van der Waals surface area contributed by atoms with Gasteiger partial charge in [0, 0.05) is 4.90 Å². The van der Waals surface area contributed by atoms with Gasteiger partial charge in [0.05, 0.1) is 0 Å². The summed E-state index contributed by atoms with van der Waals surface area (Å²) in [7, 11) is 0.